The smallest absolute Gasteiger partial charge is 0.276 e. The fourth-order valence-electron chi connectivity index (χ4n) is 1.75. The highest BCUT2D eigenvalue weighted by Gasteiger charge is 2.09. The Hall–Kier alpha value is -1.86. The Bertz CT molecular complexity index is 537. The van der Waals surface area contributed by atoms with Gasteiger partial charge in [0.05, 0.1) is 0 Å². The molecule has 0 unspecified atom stereocenters. The number of ether oxygens (including phenoxy) is 2. The van der Waals surface area contributed by atoms with Gasteiger partial charge in [-0.15, -0.1) is 0 Å². The number of methoxy groups -OCH3 is 1. The lowest BCUT2D eigenvalue weighted by atomic mass is 10.1. The van der Waals surface area contributed by atoms with Crippen molar-refractivity contribution >= 4 is 23.2 Å². The van der Waals surface area contributed by atoms with Crippen molar-refractivity contribution in [1.82, 2.24) is 15.8 Å². The number of hydrogen-bond donors (Lipinski definition) is 2. The van der Waals surface area contributed by atoms with Crippen LogP contribution in [0.4, 0.5) is 0 Å². The minimum Gasteiger partial charge on any atom is -0.484 e. The minimum atomic E-state index is -0.272. The van der Waals surface area contributed by atoms with Crippen molar-refractivity contribution in [1.29, 1.82) is 0 Å². The van der Waals surface area contributed by atoms with Gasteiger partial charge in [0.2, 0.25) is 0 Å². The van der Waals surface area contributed by atoms with Crippen LogP contribution in [0, 0.1) is 13.8 Å². The van der Waals surface area contributed by atoms with Crippen LogP contribution < -0.4 is 15.5 Å². The summed E-state index contributed by atoms with van der Waals surface area (Å²) in [6.07, 6.45) is 0.842. The van der Waals surface area contributed by atoms with Gasteiger partial charge in [-0.05, 0) is 55.7 Å². The van der Waals surface area contributed by atoms with Gasteiger partial charge in [-0.2, -0.15) is 0 Å². The predicted molar refractivity (Wildman–Crippen MR) is 94.4 cm³/mol. The van der Waals surface area contributed by atoms with Crippen LogP contribution >= 0.6 is 12.2 Å². The quantitative estimate of drug-likeness (QED) is 0.447. The lowest BCUT2D eigenvalue weighted by Crippen LogP contribution is -2.49. The number of aryl methyl sites for hydroxylation is 2. The molecular weight excluding hydrogens is 314 g/mol. The zero-order valence-electron chi connectivity index (χ0n) is 14.1. The Morgan fingerprint density at radius 1 is 1.30 bits per heavy atom. The predicted octanol–water partition coefficient (Wildman–Crippen LogP) is 1.56. The fraction of sp³-hybridized carbons (Fsp3) is 0.500. The third-order valence-corrected chi connectivity index (χ3v) is 3.67. The lowest BCUT2D eigenvalue weighted by Gasteiger charge is -2.21. The van der Waals surface area contributed by atoms with Crippen LogP contribution in [0.2, 0.25) is 0 Å². The summed E-state index contributed by atoms with van der Waals surface area (Å²) in [6.45, 7) is 5.31. The molecule has 0 fully saturated rings. The van der Waals surface area contributed by atoms with Gasteiger partial charge in [0.1, 0.15) is 5.75 Å². The van der Waals surface area contributed by atoms with E-state index in [0.29, 0.717) is 24.0 Å². The molecular formula is C16H25N3O3S. The van der Waals surface area contributed by atoms with E-state index >= 15 is 0 Å². The lowest BCUT2D eigenvalue weighted by molar-refractivity contribution is -0.126. The summed E-state index contributed by atoms with van der Waals surface area (Å²) in [7, 11) is 3.33. The van der Waals surface area contributed by atoms with Crippen LogP contribution in [0.3, 0.4) is 0 Å². The van der Waals surface area contributed by atoms with Crippen LogP contribution in [0.1, 0.15) is 17.5 Å². The van der Waals surface area contributed by atoms with E-state index in [2.05, 4.69) is 10.7 Å². The Balaban J connectivity index is 2.31. The fourth-order valence-corrected chi connectivity index (χ4v) is 1.90. The van der Waals surface area contributed by atoms with E-state index in [4.69, 9.17) is 21.7 Å². The van der Waals surface area contributed by atoms with Crippen molar-refractivity contribution < 1.29 is 14.3 Å². The van der Waals surface area contributed by atoms with Gasteiger partial charge in [0.15, 0.2) is 11.7 Å². The topological polar surface area (TPSA) is 62.8 Å². The molecule has 1 amide bonds. The van der Waals surface area contributed by atoms with Gasteiger partial charge in [-0.25, -0.2) is 0 Å². The van der Waals surface area contributed by atoms with Gasteiger partial charge in [0, 0.05) is 27.3 Å². The normalized spacial score (nSPS) is 10.1. The van der Waals surface area contributed by atoms with Crippen LogP contribution in [-0.4, -0.2) is 49.9 Å². The summed E-state index contributed by atoms with van der Waals surface area (Å²) in [6, 6.07) is 5.73. The average Bonchev–Trinajstić information content (AvgIpc) is 2.52. The van der Waals surface area contributed by atoms with Gasteiger partial charge in [-0.1, -0.05) is 6.07 Å². The van der Waals surface area contributed by atoms with Gasteiger partial charge < -0.3 is 14.8 Å². The molecule has 0 atom stereocenters. The Kier molecular flexibility index (Phi) is 8.36. The zero-order chi connectivity index (χ0) is 17.2. The van der Waals surface area contributed by atoms with E-state index < -0.39 is 0 Å². The molecule has 0 aliphatic carbocycles. The molecule has 2 N–H and O–H groups in total. The maximum Gasteiger partial charge on any atom is 0.276 e. The van der Waals surface area contributed by atoms with E-state index in [1.807, 2.05) is 32.0 Å². The summed E-state index contributed by atoms with van der Waals surface area (Å²) in [4.78, 5) is 11.9. The first-order valence-corrected chi connectivity index (χ1v) is 7.85. The Morgan fingerprint density at radius 2 is 2.04 bits per heavy atom. The molecule has 0 saturated heterocycles. The number of hydrazine groups is 1. The second-order valence-electron chi connectivity index (χ2n) is 5.21. The number of nitrogens with zero attached hydrogens (tertiary/aromatic N) is 1. The van der Waals surface area contributed by atoms with Crippen molar-refractivity contribution in [3.63, 3.8) is 0 Å². The maximum absolute atomic E-state index is 11.9. The van der Waals surface area contributed by atoms with Gasteiger partial charge in [-0.3, -0.25) is 15.2 Å². The number of carbonyl (C=O) groups is 1. The standard InChI is InChI=1S/C16H25N3O3S/c1-12-6-7-14(10-13(12)2)22-11-15(20)18-19(3)16(23)17-8-5-9-21-4/h6-7,10H,5,8-9,11H2,1-4H3,(H,17,23)(H,18,20). The molecule has 0 saturated carbocycles. The van der Waals surface area contributed by atoms with Crippen molar-refractivity contribution in [2.45, 2.75) is 20.3 Å². The number of nitrogens with one attached hydrogen (secondary N) is 2. The molecule has 0 radical (unpaired) electrons. The molecule has 1 rings (SSSR count). The van der Waals surface area contributed by atoms with Gasteiger partial charge in [0.25, 0.3) is 5.91 Å². The number of rotatable bonds is 7. The molecule has 0 aliphatic rings. The SMILES string of the molecule is COCCCNC(=S)N(C)NC(=O)COc1ccc(C)c(C)c1. The number of amides is 1. The van der Waals surface area contributed by atoms with Gasteiger partial charge >= 0.3 is 0 Å². The molecule has 7 heteroatoms. The van der Waals surface area contributed by atoms with Crippen molar-refractivity contribution in [2.24, 2.45) is 0 Å². The molecule has 1 aromatic rings. The van der Waals surface area contributed by atoms with Crippen LogP contribution in [0.25, 0.3) is 0 Å². The van der Waals surface area contributed by atoms with Crippen molar-refractivity contribution in [2.75, 3.05) is 33.9 Å². The molecule has 0 heterocycles. The zero-order valence-corrected chi connectivity index (χ0v) is 15.0. The first kappa shape index (κ1) is 19.2. The summed E-state index contributed by atoms with van der Waals surface area (Å²) < 4.78 is 10.4. The number of benzene rings is 1. The molecule has 23 heavy (non-hydrogen) atoms. The molecule has 0 aromatic heterocycles. The highest BCUT2D eigenvalue weighted by atomic mass is 32.1. The highest BCUT2D eigenvalue weighted by Crippen LogP contribution is 2.16. The van der Waals surface area contributed by atoms with E-state index in [-0.39, 0.29) is 12.5 Å². The van der Waals surface area contributed by atoms with E-state index in [0.717, 1.165) is 12.0 Å². The number of thiocarbonyl (C=S) groups is 1. The molecule has 128 valence electrons. The summed E-state index contributed by atoms with van der Waals surface area (Å²) >= 11 is 5.17. The highest BCUT2D eigenvalue weighted by molar-refractivity contribution is 7.80. The van der Waals surface area contributed by atoms with Crippen LogP contribution in [0.5, 0.6) is 5.75 Å². The molecule has 0 spiro atoms. The molecule has 0 bridgehead atoms. The summed E-state index contributed by atoms with van der Waals surface area (Å²) in [5, 5.41) is 4.94. The molecule has 6 nitrogen and oxygen atoms in total. The largest absolute Gasteiger partial charge is 0.484 e. The minimum absolute atomic E-state index is 0.0703. The number of hydrogen-bond acceptors (Lipinski definition) is 4. The van der Waals surface area contributed by atoms with E-state index in [1.165, 1.54) is 10.6 Å². The monoisotopic (exact) mass is 339 g/mol. The first-order chi connectivity index (χ1) is 10.9. The summed E-state index contributed by atoms with van der Waals surface area (Å²) in [5.41, 5.74) is 4.96. The third-order valence-electron chi connectivity index (χ3n) is 3.25. The van der Waals surface area contributed by atoms with Crippen molar-refractivity contribution in [3.8, 4) is 5.75 Å². The summed E-state index contributed by atoms with van der Waals surface area (Å²) in [5.74, 6) is 0.401. The molecule has 0 aliphatic heterocycles. The second kappa shape index (κ2) is 10.0. The van der Waals surface area contributed by atoms with Crippen LogP contribution in [-0.2, 0) is 9.53 Å². The Morgan fingerprint density at radius 3 is 2.70 bits per heavy atom. The Labute approximate surface area is 143 Å². The van der Waals surface area contributed by atoms with Crippen LogP contribution in [0.15, 0.2) is 18.2 Å². The van der Waals surface area contributed by atoms with E-state index in [1.54, 1.807) is 14.2 Å². The molecule has 1 aromatic carbocycles. The van der Waals surface area contributed by atoms with Crippen molar-refractivity contribution in [3.05, 3.63) is 29.3 Å². The average molecular weight is 339 g/mol. The number of carbonyl (C=O) groups excluding carboxylic acids is 1. The maximum atomic E-state index is 11.9. The third kappa shape index (κ3) is 7.30. The van der Waals surface area contributed by atoms with E-state index in [9.17, 15) is 4.79 Å². The first-order valence-electron chi connectivity index (χ1n) is 7.44. The second-order valence-corrected chi connectivity index (χ2v) is 5.59.